The number of carboxylic acids is 1. The van der Waals surface area contributed by atoms with Gasteiger partial charge in [0.15, 0.2) is 5.69 Å². The summed E-state index contributed by atoms with van der Waals surface area (Å²) < 4.78 is 14.9. The van der Waals surface area contributed by atoms with Crippen molar-refractivity contribution >= 4 is 18.0 Å². The maximum absolute atomic E-state index is 13.4. The number of hydrogen-bond donors (Lipinski definition) is 4. The molecule has 1 heterocycles. The predicted octanol–water partition coefficient (Wildman–Crippen LogP) is 2.48. The molecule has 0 aliphatic heterocycles. The van der Waals surface area contributed by atoms with E-state index in [1.54, 1.807) is 13.0 Å². The van der Waals surface area contributed by atoms with Crippen molar-refractivity contribution in [3.8, 4) is 5.69 Å². The van der Waals surface area contributed by atoms with Gasteiger partial charge in [-0.05, 0) is 43.2 Å². The van der Waals surface area contributed by atoms with E-state index in [2.05, 4.69) is 10.4 Å². The maximum atomic E-state index is 13.4. The number of aliphatic hydroxyl groups excluding tert-OH is 2. The molecule has 0 aliphatic carbocycles. The summed E-state index contributed by atoms with van der Waals surface area (Å²) in [6.45, 7) is 6.02. The Morgan fingerprint density at radius 1 is 1.23 bits per heavy atom. The zero-order valence-electron chi connectivity index (χ0n) is 17.7. The standard InChI is InChI=1S/C22H28FN3O5/c1-4-24-22(31)21-20(13(2)3)18(10-9-16(27)11-17(28)12-19(29)30)26(25-21)15-7-5-14(23)6-8-15/h5-10,13,16-17,27-28H,4,11-12H2,1-3H3,(H,24,31)(H,29,30)/t16-,17-/m1/s1. The van der Waals surface area contributed by atoms with Gasteiger partial charge in [0.25, 0.3) is 5.91 Å². The van der Waals surface area contributed by atoms with Crippen LogP contribution in [0.2, 0.25) is 0 Å². The number of rotatable bonds is 10. The van der Waals surface area contributed by atoms with E-state index in [1.807, 2.05) is 13.8 Å². The van der Waals surface area contributed by atoms with Gasteiger partial charge in [-0.1, -0.05) is 19.9 Å². The number of amides is 1. The number of halogens is 1. The number of carbonyl (C=O) groups excluding carboxylic acids is 1. The number of aromatic nitrogens is 2. The molecule has 31 heavy (non-hydrogen) atoms. The first-order valence-corrected chi connectivity index (χ1v) is 10.1. The largest absolute Gasteiger partial charge is 0.481 e. The van der Waals surface area contributed by atoms with Crippen LogP contribution in [-0.2, 0) is 4.79 Å². The monoisotopic (exact) mass is 433 g/mol. The average molecular weight is 433 g/mol. The molecule has 9 heteroatoms. The van der Waals surface area contributed by atoms with Gasteiger partial charge in [0, 0.05) is 18.5 Å². The van der Waals surface area contributed by atoms with Gasteiger partial charge in [-0.25, -0.2) is 9.07 Å². The van der Waals surface area contributed by atoms with Crippen molar-refractivity contribution < 1.29 is 29.3 Å². The Hall–Kier alpha value is -3.04. The molecular formula is C22H28FN3O5. The van der Waals surface area contributed by atoms with E-state index in [4.69, 9.17) is 5.11 Å². The molecule has 0 radical (unpaired) electrons. The van der Waals surface area contributed by atoms with Crippen molar-refractivity contribution in [3.63, 3.8) is 0 Å². The lowest BCUT2D eigenvalue weighted by molar-refractivity contribution is -0.139. The summed E-state index contributed by atoms with van der Waals surface area (Å²) in [4.78, 5) is 23.3. The van der Waals surface area contributed by atoms with Crippen LogP contribution in [0.3, 0.4) is 0 Å². The first kappa shape index (κ1) is 24.2. The first-order valence-electron chi connectivity index (χ1n) is 10.1. The van der Waals surface area contributed by atoms with Gasteiger partial charge >= 0.3 is 5.97 Å². The number of benzene rings is 1. The summed E-state index contributed by atoms with van der Waals surface area (Å²) in [5.74, 6) is -2.02. The molecule has 168 valence electrons. The van der Waals surface area contributed by atoms with Gasteiger partial charge in [-0.3, -0.25) is 9.59 Å². The highest BCUT2D eigenvalue weighted by molar-refractivity contribution is 5.95. The molecule has 4 N–H and O–H groups in total. The molecule has 0 saturated heterocycles. The third-order valence-electron chi connectivity index (χ3n) is 4.56. The van der Waals surface area contributed by atoms with Gasteiger partial charge in [-0.2, -0.15) is 5.10 Å². The maximum Gasteiger partial charge on any atom is 0.305 e. The van der Waals surface area contributed by atoms with Gasteiger partial charge in [0.2, 0.25) is 0 Å². The lowest BCUT2D eigenvalue weighted by Crippen LogP contribution is -2.24. The van der Waals surface area contributed by atoms with Crippen molar-refractivity contribution in [2.75, 3.05) is 6.54 Å². The van der Waals surface area contributed by atoms with Gasteiger partial charge in [0.05, 0.1) is 30.0 Å². The van der Waals surface area contributed by atoms with Crippen LogP contribution in [0.5, 0.6) is 0 Å². The number of aliphatic carboxylic acids is 1. The summed E-state index contributed by atoms with van der Waals surface area (Å²) in [6.07, 6.45) is 0.0423. The van der Waals surface area contributed by atoms with Gasteiger partial charge in [0.1, 0.15) is 5.82 Å². The minimum atomic E-state index is -1.20. The molecule has 0 fully saturated rings. The smallest absolute Gasteiger partial charge is 0.305 e. The lowest BCUT2D eigenvalue weighted by atomic mass is 9.98. The molecule has 0 unspecified atom stereocenters. The highest BCUT2D eigenvalue weighted by atomic mass is 19.1. The minimum Gasteiger partial charge on any atom is -0.481 e. The molecule has 2 aromatic rings. The second-order valence-corrected chi connectivity index (χ2v) is 7.46. The topological polar surface area (TPSA) is 125 Å². The quantitative estimate of drug-likeness (QED) is 0.456. The number of hydrogen-bond acceptors (Lipinski definition) is 5. The fourth-order valence-corrected chi connectivity index (χ4v) is 3.21. The van der Waals surface area contributed by atoms with E-state index in [1.165, 1.54) is 35.0 Å². The Bertz CT molecular complexity index is 937. The van der Waals surface area contributed by atoms with E-state index >= 15 is 0 Å². The van der Waals surface area contributed by atoms with E-state index in [-0.39, 0.29) is 23.9 Å². The number of carbonyl (C=O) groups is 2. The van der Waals surface area contributed by atoms with Crippen LogP contribution in [0.4, 0.5) is 4.39 Å². The molecule has 0 bridgehead atoms. The van der Waals surface area contributed by atoms with E-state index < -0.39 is 30.4 Å². The fraction of sp³-hybridized carbons (Fsp3) is 0.409. The predicted molar refractivity (Wildman–Crippen MR) is 114 cm³/mol. The summed E-state index contributed by atoms with van der Waals surface area (Å²) >= 11 is 0. The second-order valence-electron chi connectivity index (χ2n) is 7.46. The summed E-state index contributed by atoms with van der Waals surface area (Å²) in [7, 11) is 0. The fourth-order valence-electron chi connectivity index (χ4n) is 3.21. The van der Waals surface area contributed by atoms with E-state index in [0.29, 0.717) is 23.5 Å². The molecule has 0 aliphatic rings. The molecule has 1 amide bonds. The molecule has 0 saturated carbocycles. The Balaban J connectivity index is 2.50. The lowest BCUT2D eigenvalue weighted by Gasteiger charge is -2.12. The average Bonchev–Trinajstić information content (AvgIpc) is 3.06. The van der Waals surface area contributed by atoms with Crippen LogP contribution in [0, 0.1) is 5.82 Å². The summed E-state index contributed by atoms with van der Waals surface area (Å²) in [5, 5.41) is 35.9. The molecular weight excluding hydrogens is 405 g/mol. The Morgan fingerprint density at radius 2 is 1.87 bits per heavy atom. The third-order valence-corrected chi connectivity index (χ3v) is 4.56. The first-order chi connectivity index (χ1) is 14.6. The van der Waals surface area contributed by atoms with Crippen molar-refractivity contribution in [2.45, 2.75) is 51.7 Å². The minimum absolute atomic E-state index is 0.0961. The van der Waals surface area contributed by atoms with Crippen LogP contribution in [-0.4, -0.2) is 55.7 Å². The van der Waals surface area contributed by atoms with Crippen molar-refractivity contribution in [1.29, 1.82) is 0 Å². The molecule has 8 nitrogen and oxygen atoms in total. The molecule has 1 aromatic carbocycles. The van der Waals surface area contributed by atoms with Crippen molar-refractivity contribution in [3.05, 3.63) is 53.1 Å². The molecule has 2 rings (SSSR count). The van der Waals surface area contributed by atoms with Gasteiger partial charge in [-0.15, -0.1) is 0 Å². The summed E-state index contributed by atoms with van der Waals surface area (Å²) in [6, 6.07) is 5.61. The van der Waals surface area contributed by atoms with Crippen molar-refractivity contribution in [1.82, 2.24) is 15.1 Å². The normalized spacial score (nSPS) is 13.5. The Labute approximate surface area is 180 Å². The van der Waals surface area contributed by atoms with Crippen LogP contribution >= 0.6 is 0 Å². The Morgan fingerprint density at radius 3 is 2.42 bits per heavy atom. The number of carboxylic acid groups (broad SMARTS) is 1. The number of aliphatic hydroxyl groups is 2. The Kier molecular flexibility index (Phi) is 8.47. The van der Waals surface area contributed by atoms with Gasteiger partial charge < -0.3 is 20.6 Å². The number of nitrogens with zero attached hydrogens (tertiary/aromatic N) is 2. The van der Waals surface area contributed by atoms with E-state index in [9.17, 15) is 24.2 Å². The van der Waals surface area contributed by atoms with Crippen LogP contribution in [0.15, 0.2) is 30.3 Å². The molecule has 0 spiro atoms. The SMILES string of the molecule is CCNC(=O)c1nn(-c2ccc(F)cc2)c(C=C[C@@H](O)C[C@@H](O)CC(=O)O)c1C(C)C. The highest BCUT2D eigenvalue weighted by Gasteiger charge is 2.24. The van der Waals surface area contributed by atoms with E-state index in [0.717, 1.165) is 0 Å². The molecule has 2 atom stereocenters. The zero-order valence-corrected chi connectivity index (χ0v) is 17.7. The van der Waals surface area contributed by atoms with Crippen LogP contribution in [0.25, 0.3) is 11.8 Å². The highest BCUT2D eigenvalue weighted by Crippen LogP contribution is 2.28. The number of nitrogens with one attached hydrogen (secondary N) is 1. The van der Waals surface area contributed by atoms with Crippen LogP contribution < -0.4 is 5.32 Å². The van der Waals surface area contributed by atoms with Crippen LogP contribution in [0.1, 0.15) is 61.3 Å². The van der Waals surface area contributed by atoms with Crippen molar-refractivity contribution in [2.24, 2.45) is 0 Å². The molecule has 1 aromatic heterocycles. The summed E-state index contributed by atoms with van der Waals surface area (Å²) in [5.41, 5.74) is 1.92. The zero-order chi connectivity index (χ0) is 23.1. The third kappa shape index (κ3) is 6.47. The second kappa shape index (κ2) is 10.8.